The average molecular weight is 393 g/mol. The van der Waals surface area contributed by atoms with Crippen LogP contribution in [0.2, 0.25) is 0 Å². The summed E-state index contributed by atoms with van der Waals surface area (Å²) in [6.07, 6.45) is 1.51. The smallest absolute Gasteiger partial charge is 0.273 e. The molecule has 9 heteroatoms. The van der Waals surface area contributed by atoms with Crippen LogP contribution in [-0.4, -0.2) is 24.1 Å². The lowest BCUT2D eigenvalue weighted by molar-refractivity contribution is 0.101. The molecule has 0 saturated carbocycles. The molecule has 2 rings (SSSR count). The molecule has 0 spiro atoms. The summed E-state index contributed by atoms with van der Waals surface area (Å²) in [7, 11) is 3.16. The van der Waals surface area contributed by atoms with Crippen LogP contribution in [0, 0.1) is 6.92 Å². The van der Waals surface area contributed by atoms with Gasteiger partial charge in [-0.1, -0.05) is 0 Å². The molecule has 1 heterocycles. The molecule has 0 saturated heterocycles. The molecule has 0 aliphatic heterocycles. The Kier molecular flexibility index (Phi) is 4.40. The molecule has 2 aromatic rings. The van der Waals surface area contributed by atoms with Gasteiger partial charge in [0.25, 0.3) is 15.0 Å². The van der Waals surface area contributed by atoms with E-state index in [2.05, 4.69) is 26.3 Å². The standard InChI is InChI=1S/C12H11BrClN3O3S/c1-7-5-9(8(13)6-11(7)21(14,19)20)16-12(18)10-3-4-15-17(10)2/h3-6H,1-2H3,(H,16,18). The number of nitrogens with zero attached hydrogens (tertiary/aromatic N) is 2. The van der Waals surface area contributed by atoms with Crippen LogP contribution in [0.4, 0.5) is 5.69 Å². The summed E-state index contributed by atoms with van der Waals surface area (Å²) in [5, 5.41) is 6.60. The fourth-order valence-electron chi connectivity index (χ4n) is 1.80. The van der Waals surface area contributed by atoms with Crippen LogP contribution in [-0.2, 0) is 16.1 Å². The largest absolute Gasteiger partial charge is 0.320 e. The number of benzene rings is 1. The van der Waals surface area contributed by atoms with Gasteiger partial charge in [0.15, 0.2) is 0 Å². The van der Waals surface area contributed by atoms with E-state index in [1.165, 1.54) is 23.0 Å². The summed E-state index contributed by atoms with van der Waals surface area (Å²) in [4.78, 5) is 12.1. The third-order valence-electron chi connectivity index (χ3n) is 2.83. The van der Waals surface area contributed by atoms with Gasteiger partial charge in [0.2, 0.25) is 0 Å². The first-order valence-electron chi connectivity index (χ1n) is 5.74. The van der Waals surface area contributed by atoms with Gasteiger partial charge >= 0.3 is 0 Å². The topological polar surface area (TPSA) is 81.1 Å². The van der Waals surface area contributed by atoms with Gasteiger partial charge in [-0.05, 0) is 46.6 Å². The predicted octanol–water partition coefficient (Wildman–Crippen LogP) is 2.67. The normalized spacial score (nSPS) is 11.4. The van der Waals surface area contributed by atoms with Gasteiger partial charge < -0.3 is 5.32 Å². The van der Waals surface area contributed by atoms with Crippen LogP contribution in [0.25, 0.3) is 0 Å². The minimum atomic E-state index is -3.84. The summed E-state index contributed by atoms with van der Waals surface area (Å²) in [5.41, 5.74) is 1.27. The number of hydrogen-bond donors (Lipinski definition) is 1. The Balaban J connectivity index is 2.37. The van der Waals surface area contributed by atoms with Gasteiger partial charge in [0, 0.05) is 28.4 Å². The van der Waals surface area contributed by atoms with E-state index in [0.717, 1.165) is 0 Å². The van der Waals surface area contributed by atoms with Crippen LogP contribution in [0.1, 0.15) is 16.1 Å². The lowest BCUT2D eigenvalue weighted by atomic mass is 10.2. The van der Waals surface area contributed by atoms with Gasteiger partial charge in [0.05, 0.1) is 10.6 Å². The van der Waals surface area contributed by atoms with Crippen molar-refractivity contribution >= 4 is 47.3 Å². The first-order chi connectivity index (χ1) is 9.70. The number of rotatable bonds is 3. The number of hydrogen-bond acceptors (Lipinski definition) is 4. The number of nitrogens with one attached hydrogen (secondary N) is 1. The molecule has 0 aliphatic rings. The Hall–Kier alpha value is -1.38. The van der Waals surface area contributed by atoms with E-state index in [4.69, 9.17) is 10.7 Å². The molecule has 0 aliphatic carbocycles. The van der Waals surface area contributed by atoms with Crippen molar-refractivity contribution in [3.8, 4) is 0 Å². The molecule has 0 fully saturated rings. The molecule has 0 atom stereocenters. The molecular formula is C12H11BrClN3O3S. The Morgan fingerprint density at radius 3 is 2.62 bits per heavy atom. The predicted molar refractivity (Wildman–Crippen MR) is 83.1 cm³/mol. The Bertz CT molecular complexity index is 817. The highest BCUT2D eigenvalue weighted by Crippen LogP contribution is 2.30. The second-order valence-electron chi connectivity index (χ2n) is 4.33. The molecular weight excluding hydrogens is 382 g/mol. The first kappa shape index (κ1) is 16.0. The molecule has 0 unspecified atom stereocenters. The minimum absolute atomic E-state index is 0.00502. The molecule has 1 N–H and O–H groups in total. The summed E-state index contributed by atoms with van der Waals surface area (Å²) in [6.45, 7) is 1.60. The maximum Gasteiger partial charge on any atom is 0.273 e. The van der Waals surface area contributed by atoms with Gasteiger partial charge in [-0.25, -0.2) is 8.42 Å². The van der Waals surface area contributed by atoms with Crippen molar-refractivity contribution in [2.45, 2.75) is 11.8 Å². The van der Waals surface area contributed by atoms with E-state index >= 15 is 0 Å². The van der Waals surface area contributed by atoms with Gasteiger partial charge in [0.1, 0.15) is 5.69 Å². The number of halogens is 2. The number of carbonyl (C=O) groups is 1. The van der Waals surface area contributed by atoms with Gasteiger partial charge in [-0.15, -0.1) is 0 Å². The van der Waals surface area contributed by atoms with Gasteiger partial charge in [-0.3, -0.25) is 9.48 Å². The van der Waals surface area contributed by atoms with E-state index in [-0.39, 0.29) is 10.8 Å². The average Bonchev–Trinajstić information content (AvgIpc) is 2.78. The second-order valence-corrected chi connectivity index (χ2v) is 7.72. The van der Waals surface area contributed by atoms with E-state index < -0.39 is 9.05 Å². The van der Waals surface area contributed by atoms with Crippen molar-refractivity contribution < 1.29 is 13.2 Å². The van der Waals surface area contributed by atoms with Crippen molar-refractivity contribution in [3.05, 3.63) is 40.1 Å². The number of carbonyl (C=O) groups excluding carboxylic acids is 1. The second kappa shape index (κ2) is 5.78. The lowest BCUT2D eigenvalue weighted by Gasteiger charge is -2.11. The monoisotopic (exact) mass is 391 g/mol. The minimum Gasteiger partial charge on any atom is -0.320 e. The zero-order valence-corrected chi connectivity index (χ0v) is 14.3. The zero-order valence-electron chi connectivity index (χ0n) is 11.1. The fourth-order valence-corrected chi connectivity index (χ4v) is 3.60. The number of aryl methyl sites for hydroxylation is 2. The Morgan fingerprint density at radius 1 is 1.43 bits per heavy atom. The maximum absolute atomic E-state index is 12.1. The lowest BCUT2D eigenvalue weighted by Crippen LogP contribution is -2.16. The molecule has 21 heavy (non-hydrogen) atoms. The quantitative estimate of drug-likeness (QED) is 0.814. The molecule has 1 amide bonds. The van der Waals surface area contributed by atoms with Crippen LogP contribution < -0.4 is 5.32 Å². The summed E-state index contributed by atoms with van der Waals surface area (Å²) in [6, 6.07) is 4.47. The van der Waals surface area contributed by atoms with Crippen molar-refractivity contribution in [3.63, 3.8) is 0 Å². The first-order valence-corrected chi connectivity index (χ1v) is 8.84. The van der Waals surface area contributed by atoms with Gasteiger partial charge in [-0.2, -0.15) is 5.10 Å². The van der Waals surface area contributed by atoms with Crippen molar-refractivity contribution in [2.75, 3.05) is 5.32 Å². The SMILES string of the molecule is Cc1cc(NC(=O)c2ccnn2C)c(Br)cc1S(=O)(=O)Cl. The number of aromatic nitrogens is 2. The molecule has 112 valence electrons. The van der Waals surface area contributed by atoms with Crippen molar-refractivity contribution in [1.82, 2.24) is 9.78 Å². The number of amides is 1. The molecule has 0 radical (unpaired) electrons. The highest BCUT2D eigenvalue weighted by molar-refractivity contribution is 9.10. The zero-order chi connectivity index (χ0) is 15.8. The van der Waals surface area contributed by atoms with Crippen LogP contribution in [0.3, 0.4) is 0 Å². The number of anilines is 1. The summed E-state index contributed by atoms with van der Waals surface area (Å²) >= 11 is 3.22. The van der Waals surface area contributed by atoms with Crippen LogP contribution >= 0.6 is 26.6 Å². The Morgan fingerprint density at radius 2 is 2.10 bits per heavy atom. The fraction of sp³-hybridized carbons (Fsp3) is 0.167. The third kappa shape index (κ3) is 3.45. The molecule has 1 aromatic heterocycles. The highest BCUT2D eigenvalue weighted by atomic mass is 79.9. The summed E-state index contributed by atoms with van der Waals surface area (Å²) < 4.78 is 24.7. The highest BCUT2D eigenvalue weighted by Gasteiger charge is 2.18. The van der Waals surface area contributed by atoms with Crippen LogP contribution in [0.5, 0.6) is 0 Å². The van der Waals surface area contributed by atoms with Crippen molar-refractivity contribution in [1.29, 1.82) is 0 Å². The van der Waals surface area contributed by atoms with E-state index in [1.54, 1.807) is 20.0 Å². The maximum atomic E-state index is 12.1. The van der Waals surface area contributed by atoms with E-state index in [1.807, 2.05) is 0 Å². The summed E-state index contributed by atoms with van der Waals surface area (Å²) in [5.74, 6) is -0.350. The Labute approximate surface area is 134 Å². The molecule has 1 aromatic carbocycles. The van der Waals surface area contributed by atoms with E-state index in [9.17, 15) is 13.2 Å². The molecule has 0 bridgehead atoms. The van der Waals surface area contributed by atoms with Crippen LogP contribution in [0.15, 0.2) is 33.8 Å². The third-order valence-corrected chi connectivity index (χ3v) is 4.95. The van der Waals surface area contributed by atoms with E-state index in [0.29, 0.717) is 21.4 Å². The van der Waals surface area contributed by atoms with Crippen molar-refractivity contribution in [2.24, 2.45) is 7.05 Å². The molecule has 6 nitrogen and oxygen atoms in total.